The first kappa shape index (κ1) is 20.4. The van der Waals surface area contributed by atoms with Crippen LogP contribution in [0.2, 0.25) is 0 Å². The molecule has 3 rings (SSSR count). The van der Waals surface area contributed by atoms with Crippen molar-refractivity contribution in [2.45, 2.75) is 38.6 Å². The van der Waals surface area contributed by atoms with Crippen molar-refractivity contribution in [3.8, 4) is 0 Å². The lowest BCUT2D eigenvalue weighted by Gasteiger charge is -2.38. The summed E-state index contributed by atoms with van der Waals surface area (Å²) >= 11 is 0. The number of aromatic nitrogens is 1. The van der Waals surface area contributed by atoms with Gasteiger partial charge in [-0.05, 0) is 37.0 Å². The third-order valence-corrected chi connectivity index (χ3v) is 4.95. The van der Waals surface area contributed by atoms with E-state index in [0.29, 0.717) is 6.42 Å². The monoisotopic (exact) mass is 373 g/mol. The first-order valence-electron chi connectivity index (χ1n) is 9.27. The van der Waals surface area contributed by atoms with Gasteiger partial charge in [-0.15, -0.1) is 12.4 Å². The molecule has 1 amide bonds. The Kier molecular flexibility index (Phi) is 8.07. The molecule has 0 aliphatic carbocycles. The van der Waals surface area contributed by atoms with Gasteiger partial charge in [-0.1, -0.05) is 43.3 Å². The second kappa shape index (κ2) is 10.3. The van der Waals surface area contributed by atoms with Crippen LogP contribution in [0.1, 0.15) is 31.7 Å². The second-order valence-corrected chi connectivity index (χ2v) is 6.61. The average Bonchev–Trinajstić information content (AvgIpc) is 2.69. The third-order valence-electron chi connectivity index (χ3n) is 4.95. The highest BCUT2D eigenvalue weighted by atomic mass is 35.5. The van der Waals surface area contributed by atoms with Crippen LogP contribution >= 0.6 is 12.4 Å². The van der Waals surface area contributed by atoms with E-state index < -0.39 is 0 Å². The molecule has 0 bridgehead atoms. The van der Waals surface area contributed by atoms with E-state index in [1.54, 1.807) is 6.20 Å². The van der Waals surface area contributed by atoms with Gasteiger partial charge in [0.15, 0.2) is 0 Å². The zero-order chi connectivity index (χ0) is 17.5. The summed E-state index contributed by atoms with van der Waals surface area (Å²) in [6.07, 6.45) is 5.39. The van der Waals surface area contributed by atoms with Crippen LogP contribution in [0.15, 0.2) is 54.7 Å². The number of amides is 1. The standard InChI is InChI=1S/C21H27N3O.ClH/c1-2-21(25)24(20-10-6-7-14-22-20)19-12-16-23(17-13-19)15-11-18-8-4-3-5-9-18;/h3-10,14,19H,2,11-13,15-17H2,1H3;1H. The lowest BCUT2D eigenvalue weighted by Crippen LogP contribution is -2.48. The number of piperidine rings is 1. The van der Waals surface area contributed by atoms with Gasteiger partial charge in [-0.3, -0.25) is 9.69 Å². The number of likely N-dealkylation sites (tertiary alicyclic amines) is 1. The Labute approximate surface area is 162 Å². The van der Waals surface area contributed by atoms with E-state index >= 15 is 0 Å². The van der Waals surface area contributed by atoms with E-state index in [4.69, 9.17) is 0 Å². The molecule has 1 saturated heterocycles. The minimum Gasteiger partial charge on any atom is -0.303 e. The topological polar surface area (TPSA) is 36.4 Å². The van der Waals surface area contributed by atoms with E-state index in [1.807, 2.05) is 30.0 Å². The maximum Gasteiger partial charge on any atom is 0.228 e. The van der Waals surface area contributed by atoms with Crippen molar-refractivity contribution in [3.63, 3.8) is 0 Å². The third kappa shape index (κ3) is 5.29. The highest BCUT2D eigenvalue weighted by Gasteiger charge is 2.28. The normalized spacial score (nSPS) is 15.3. The lowest BCUT2D eigenvalue weighted by molar-refractivity contribution is -0.119. The van der Waals surface area contributed by atoms with Gasteiger partial charge >= 0.3 is 0 Å². The summed E-state index contributed by atoms with van der Waals surface area (Å²) in [5.41, 5.74) is 1.39. The number of rotatable bonds is 6. The number of nitrogens with zero attached hydrogens (tertiary/aromatic N) is 3. The fraction of sp³-hybridized carbons (Fsp3) is 0.429. The highest BCUT2D eigenvalue weighted by molar-refractivity contribution is 5.92. The lowest BCUT2D eigenvalue weighted by atomic mass is 10.0. The van der Waals surface area contributed by atoms with Crippen LogP contribution in [0, 0.1) is 0 Å². The Hall–Kier alpha value is -1.91. The first-order chi connectivity index (χ1) is 12.3. The van der Waals surface area contributed by atoms with Gasteiger partial charge in [0, 0.05) is 38.3 Å². The molecule has 26 heavy (non-hydrogen) atoms. The number of hydrogen-bond acceptors (Lipinski definition) is 3. The van der Waals surface area contributed by atoms with Gasteiger partial charge in [0.25, 0.3) is 0 Å². The van der Waals surface area contributed by atoms with Crippen molar-refractivity contribution in [1.29, 1.82) is 0 Å². The number of hydrogen-bond donors (Lipinski definition) is 0. The van der Waals surface area contributed by atoms with Gasteiger partial charge in [0.05, 0.1) is 0 Å². The van der Waals surface area contributed by atoms with Gasteiger partial charge in [-0.25, -0.2) is 4.98 Å². The number of pyridine rings is 1. The van der Waals surface area contributed by atoms with E-state index in [9.17, 15) is 4.79 Å². The average molecular weight is 374 g/mol. The molecule has 1 aliphatic heterocycles. The Morgan fingerprint density at radius 3 is 2.42 bits per heavy atom. The van der Waals surface area contributed by atoms with Crippen LogP contribution in [0.5, 0.6) is 0 Å². The zero-order valence-electron chi connectivity index (χ0n) is 15.4. The summed E-state index contributed by atoms with van der Waals surface area (Å²) in [4.78, 5) is 21.3. The van der Waals surface area contributed by atoms with E-state index in [0.717, 1.165) is 44.7 Å². The van der Waals surface area contributed by atoms with Gasteiger partial charge in [-0.2, -0.15) is 0 Å². The number of benzene rings is 1. The molecule has 0 atom stereocenters. The summed E-state index contributed by atoms with van der Waals surface area (Å²) in [5, 5.41) is 0. The Morgan fingerprint density at radius 1 is 1.12 bits per heavy atom. The van der Waals surface area contributed by atoms with E-state index in [-0.39, 0.29) is 24.4 Å². The van der Waals surface area contributed by atoms with Crippen LogP contribution in [-0.2, 0) is 11.2 Å². The molecule has 5 heteroatoms. The number of anilines is 1. The van der Waals surface area contributed by atoms with E-state index in [2.05, 4.69) is 40.2 Å². The van der Waals surface area contributed by atoms with Crippen LogP contribution in [0.4, 0.5) is 5.82 Å². The molecule has 0 N–H and O–H groups in total. The van der Waals surface area contributed by atoms with Crippen molar-refractivity contribution < 1.29 is 4.79 Å². The molecule has 2 aromatic rings. The van der Waals surface area contributed by atoms with Crippen molar-refractivity contribution >= 4 is 24.1 Å². The van der Waals surface area contributed by atoms with Crippen LogP contribution in [0.25, 0.3) is 0 Å². The van der Waals surface area contributed by atoms with Crippen molar-refractivity contribution in [2.24, 2.45) is 0 Å². The number of carbonyl (C=O) groups excluding carboxylic acids is 1. The first-order valence-corrected chi connectivity index (χ1v) is 9.27. The van der Waals surface area contributed by atoms with Crippen molar-refractivity contribution in [1.82, 2.24) is 9.88 Å². The maximum absolute atomic E-state index is 12.5. The van der Waals surface area contributed by atoms with Gasteiger partial charge < -0.3 is 4.90 Å². The Morgan fingerprint density at radius 2 is 1.81 bits per heavy atom. The summed E-state index contributed by atoms with van der Waals surface area (Å²) in [7, 11) is 0. The summed E-state index contributed by atoms with van der Waals surface area (Å²) in [5.74, 6) is 0.957. The predicted octanol–water partition coefficient (Wildman–Crippen LogP) is 3.95. The SMILES string of the molecule is CCC(=O)N(c1ccccn1)C1CCN(CCc2ccccc2)CC1.Cl. The fourth-order valence-electron chi connectivity index (χ4n) is 3.52. The molecule has 0 radical (unpaired) electrons. The summed E-state index contributed by atoms with van der Waals surface area (Å²) in [6, 6.07) is 16.7. The molecule has 0 saturated carbocycles. The largest absolute Gasteiger partial charge is 0.303 e. The molecule has 1 aliphatic rings. The molecule has 4 nitrogen and oxygen atoms in total. The minimum atomic E-state index is 0. The molecule has 1 fully saturated rings. The molecular weight excluding hydrogens is 346 g/mol. The quantitative estimate of drug-likeness (QED) is 0.769. The van der Waals surface area contributed by atoms with Crippen molar-refractivity contribution in [3.05, 3.63) is 60.3 Å². The number of carbonyl (C=O) groups is 1. The van der Waals surface area contributed by atoms with Gasteiger partial charge in [0.1, 0.15) is 5.82 Å². The van der Waals surface area contributed by atoms with Crippen molar-refractivity contribution in [2.75, 3.05) is 24.5 Å². The summed E-state index contributed by atoms with van der Waals surface area (Å²) < 4.78 is 0. The maximum atomic E-state index is 12.5. The van der Waals surface area contributed by atoms with Crippen LogP contribution in [0.3, 0.4) is 0 Å². The molecule has 0 unspecified atom stereocenters. The molecule has 1 aromatic carbocycles. The second-order valence-electron chi connectivity index (χ2n) is 6.61. The highest BCUT2D eigenvalue weighted by Crippen LogP contribution is 2.23. The van der Waals surface area contributed by atoms with Gasteiger partial charge in [0.2, 0.25) is 5.91 Å². The minimum absolute atomic E-state index is 0. The smallest absolute Gasteiger partial charge is 0.228 e. The number of halogens is 1. The molecule has 140 valence electrons. The van der Waals surface area contributed by atoms with Crippen LogP contribution < -0.4 is 4.90 Å². The Balaban J connectivity index is 0.00000243. The fourth-order valence-corrected chi connectivity index (χ4v) is 3.52. The predicted molar refractivity (Wildman–Crippen MR) is 109 cm³/mol. The Bertz CT molecular complexity index is 657. The zero-order valence-corrected chi connectivity index (χ0v) is 16.2. The van der Waals surface area contributed by atoms with Crippen LogP contribution in [-0.4, -0.2) is 41.5 Å². The van der Waals surface area contributed by atoms with E-state index in [1.165, 1.54) is 5.56 Å². The molecule has 2 heterocycles. The molecule has 1 aromatic heterocycles. The molecule has 0 spiro atoms. The molecular formula is C21H28ClN3O. The summed E-state index contributed by atoms with van der Waals surface area (Å²) in [6.45, 7) is 5.09.